The van der Waals surface area contributed by atoms with Crippen LogP contribution in [0.15, 0.2) is 53.3 Å². The first kappa shape index (κ1) is 25.4. The van der Waals surface area contributed by atoms with Gasteiger partial charge in [-0.1, -0.05) is 6.07 Å². The molecule has 8 nitrogen and oxygen atoms in total. The summed E-state index contributed by atoms with van der Waals surface area (Å²) in [6, 6.07) is 10.3. The summed E-state index contributed by atoms with van der Waals surface area (Å²) < 4.78 is 66.1. The van der Waals surface area contributed by atoms with Gasteiger partial charge in [-0.25, -0.2) is 27.0 Å². The van der Waals surface area contributed by atoms with Crippen molar-refractivity contribution in [3.63, 3.8) is 0 Å². The van der Waals surface area contributed by atoms with Crippen molar-refractivity contribution in [1.29, 1.82) is 0 Å². The predicted molar refractivity (Wildman–Crippen MR) is 132 cm³/mol. The molecule has 2 heterocycles. The molecular formula is C25H25F2N3O5S. The van der Waals surface area contributed by atoms with Crippen molar-refractivity contribution >= 4 is 20.9 Å². The Morgan fingerprint density at radius 3 is 2.44 bits per heavy atom. The molecule has 2 aromatic heterocycles. The van der Waals surface area contributed by atoms with Crippen molar-refractivity contribution in [3.05, 3.63) is 76.3 Å². The molecule has 0 radical (unpaired) electrons. The largest absolute Gasteiger partial charge is 0.491 e. The number of nitrogens with zero attached hydrogens (tertiary/aromatic N) is 3. The second kappa shape index (κ2) is 9.73. The zero-order chi connectivity index (χ0) is 26.2. The molecule has 0 spiro atoms. The quantitative estimate of drug-likeness (QED) is 0.354. The minimum absolute atomic E-state index is 0.171. The number of halogens is 2. The minimum Gasteiger partial charge on any atom is -0.491 e. The first-order valence-electron chi connectivity index (χ1n) is 11.1. The van der Waals surface area contributed by atoms with Crippen LogP contribution in [0.5, 0.6) is 11.6 Å². The Bertz CT molecular complexity index is 1610. The lowest BCUT2D eigenvalue weighted by Gasteiger charge is -2.19. The number of methoxy groups -OCH3 is 1. The zero-order valence-electron chi connectivity index (χ0n) is 20.2. The minimum atomic E-state index is -3.56. The van der Waals surface area contributed by atoms with Crippen molar-refractivity contribution in [1.82, 2.24) is 14.1 Å². The first-order chi connectivity index (χ1) is 17.0. The smallest absolute Gasteiger partial charge is 0.329 e. The Morgan fingerprint density at radius 2 is 1.81 bits per heavy atom. The fourth-order valence-corrected chi connectivity index (χ4v) is 5.05. The number of fused-ring (bicyclic) bond motifs is 1. The Kier molecular flexibility index (Phi) is 6.85. The summed E-state index contributed by atoms with van der Waals surface area (Å²) in [5.74, 6) is -1.28. The van der Waals surface area contributed by atoms with Gasteiger partial charge in [0.2, 0.25) is 0 Å². The van der Waals surface area contributed by atoms with E-state index in [0.717, 1.165) is 18.4 Å². The fraction of sp³-hybridized carbons (Fsp3) is 0.280. The van der Waals surface area contributed by atoms with Gasteiger partial charge in [-0.3, -0.25) is 9.13 Å². The van der Waals surface area contributed by atoms with Gasteiger partial charge in [-0.05, 0) is 48.9 Å². The molecule has 4 rings (SSSR count). The summed E-state index contributed by atoms with van der Waals surface area (Å²) in [6.07, 6.45) is 1.08. The number of rotatable bonds is 8. The van der Waals surface area contributed by atoms with Gasteiger partial charge < -0.3 is 9.47 Å². The van der Waals surface area contributed by atoms with Gasteiger partial charge in [-0.15, -0.1) is 0 Å². The van der Waals surface area contributed by atoms with Crippen LogP contribution in [0, 0.1) is 11.6 Å². The lowest BCUT2D eigenvalue weighted by atomic mass is 10.0. The molecule has 0 bridgehead atoms. The molecule has 0 fully saturated rings. The molecule has 36 heavy (non-hydrogen) atoms. The molecule has 0 N–H and O–H groups in total. The Morgan fingerprint density at radius 1 is 1.06 bits per heavy atom. The van der Waals surface area contributed by atoms with Gasteiger partial charge in [0.25, 0.3) is 5.88 Å². The molecule has 0 saturated heterocycles. The van der Waals surface area contributed by atoms with Gasteiger partial charge >= 0.3 is 5.69 Å². The Balaban J connectivity index is 1.93. The second-order valence-electron chi connectivity index (χ2n) is 8.32. The van der Waals surface area contributed by atoms with Crippen LogP contribution < -0.4 is 15.2 Å². The summed E-state index contributed by atoms with van der Waals surface area (Å²) in [7, 11) is -0.563. The normalized spacial score (nSPS) is 12.6. The van der Waals surface area contributed by atoms with E-state index in [4.69, 9.17) is 9.47 Å². The number of hydrogen-bond donors (Lipinski definition) is 0. The van der Waals surface area contributed by atoms with Crippen molar-refractivity contribution < 1.29 is 26.7 Å². The number of aryl methyl sites for hydroxylation is 1. The molecule has 11 heteroatoms. The van der Waals surface area contributed by atoms with E-state index in [9.17, 15) is 22.0 Å². The summed E-state index contributed by atoms with van der Waals surface area (Å²) in [4.78, 5) is 17.9. The lowest BCUT2D eigenvalue weighted by Crippen LogP contribution is -2.31. The van der Waals surface area contributed by atoms with Gasteiger partial charge in [0.05, 0.1) is 42.2 Å². The van der Waals surface area contributed by atoms with E-state index in [1.165, 1.54) is 29.4 Å². The van der Waals surface area contributed by atoms with E-state index in [1.54, 1.807) is 37.3 Å². The van der Waals surface area contributed by atoms with E-state index < -0.39 is 39.0 Å². The highest BCUT2D eigenvalue weighted by Crippen LogP contribution is 2.32. The van der Waals surface area contributed by atoms with Crippen LogP contribution in [0.2, 0.25) is 0 Å². The monoisotopic (exact) mass is 517 g/mol. The van der Waals surface area contributed by atoms with Crippen LogP contribution in [0.25, 0.3) is 22.2 Å². The maximum Gasteiger partial charge on any atom is 0.329 e. The SMILES string of the molecule is CCOc1nc(C(CS(C)(=O)=O)n2c(=O)n(C)c3cc(-c4ccc(F)cc4F)ccc32)ccc1OC. The number of hydrogen-bond acceptors (Lipinski definition) is 6. The fourth-order valence-electron chi connectivity index (χ4n) is 4.16. The predicted octanol–water partition coefficient (Wildman–Crippen LogP) is 3.72. The molecule has 0 aliphatic heterocycles. The zero-order valence-corrected chi connectivity index (χ0v) is 21.0. The first-order valence-corrected chi connectivity index (χ1v) is 13.1. The van der Waals surface area contributed by atoms with Crippen LogP contribution >= 0.6 is 0 Å². The molecule has 0 amide bonds. The summed E-state index contributed by atoms with van der Waals surface area (Å²) in [6.45, 7) is 2.08. The molecule has 0 aliphatic rings. The summed E-state index contributed by atoms with van der Waals surface area (Å²) in [5.41, 5.74) is 1.30. The average Bonchev–Trinajstić information content (AvgIpc) is 3.06. The number of imidazole rings is 1. The van der Waals surface area contributed by atoms with Crippen LogP contribution in [-0.4, -0.2) is 48.3 Å². The third kappa shape index (κ3) is 4.83. The molecule has 1 unspecified atom stereocenters. The van der Waals surface area contributed by atoms with Crippen LogP contribution in [0.4, 0.5) is 8.78 Å². The molecule has 0 saturated carbocycles. The van der Waals surface area contributed by atoms with Crippen molar-refractivity contribution in [2.75, 3.05) is 25.7 Å². The summed E-state index contributed by atoms with van der Waals surface area (Å²) in [5, 5.41) is 0. The van der Waals surface area contributed by atoms with Gasteiger partial charge in [0.15, 0.2) is 5.75 Å². The van der Waals surface area contributed by atoms with Gasteiger partial charge in [0, 0.05) is 24.9 Å². The third-order valence-corrected chi connectivity index (χ3v) is 6.71. The number of pyridine rings is 1. The van der Waals surface area contributed by atoms with E-state index in [0.29, 0.717) is 34.6 Å². The second-order valence-corrected chi connectivity index (χ2v) is 10.5. The van der Waals surface area contributed by atoms with E-state index in [2.05, 4.69) is 4.98 Å². The summed E-state index contributed by atoms with van der Waals surface area (Å²) >= 11 is 0. The molecular weight excluding hydrogens is 492 g/mol. The van der Waals surface area contributed by atoms with Crippen molar-refractivity contribution in [2.24, 2.45) is 7.05 Å². The molecule has 0 aliphatic carbocycles. The molecule has 1 atom stereocenters. The maximum atomic E-state index is 14.4. The average molecular weight is 518 g/mol. The molecule has 2 aromatic carbocycles. The topological polar surface area (TPSA) is 92.4 Å². The highest BCUT2D eigenvalue weighted by Gasteiger charge is 2.27. The van der Waals surface area contributed by atoms with E-state index >= 15 is 0 Å². The highest BCUT2D eigenvalue weighted by molar-refractivity contribution is 7.90. The number of ether oxygens (including phenoxy) is 2. The molecule has 4 aromatic rings. The van der Waals surface area contributed by atoms with Crippen LogP contribution in [0.1, 0.15) is 18.7 Å². The number of aromatic nitrogens is 3. The standard InChI is InChI=1S/C25H25F2N3O5S/c1-5-35-24-23(34-3)11-9-19(28-24)22(14-36(4,32)33)30-20-10-6-15(12-21(20)29(2)25(30)31)17-8-7-16(26)13-18(17)27/h6-13,22H,5,14H2,1-4H3. The van der Waals surface area contributed by atoms with Crippen molar-refractivity contribution in [3.8, 4) is 22.8 Å². The van der Waals surface area contributed by atoms with E-state index in [1.807, 2.05) is 0 Å². The number of benzene rings is 2. The van der Waals surface area contributed by atoms with Crippen molar-refractivity contribution in [2.45, 2.75) is 13.0 Å². The number of sulfone groups is 1. The Hall–Kier alpha value is -3.73. The van der Waals surface area contributed by atoms with Gasteiger partial charge in [-0.2, -0.15) is 0 Å². The highest BCUT2D eigenvalue weighted by atomic mass is 32.2. The Labute approximate surface area is 206 Å². The van der Waals surface area contributed by atoms with Crippen LogP contribution in [-0.2, 0) is 16.9 Å². The maximum absolute atomic E-state index is 14.4. The lowest BCUT2D eigenvalue weighted by molar-refractivity contribution is 0.296. The van der Waals surface area contributed by atoms with Crippen LogP contribution in [0.3, 0.4) is 0 Å². The third-order valence-electron chi connectivity index (χ3n) is 5.79. The molecule has 190 valence electrons. The van der Waals surface area contributed by atoms with E-state index in [-0.39, 0.29) is 11.4 Å². The van der Waals surface area contributed by atoms with Gasteiger partial charge in [0.1, 0.15) is 21.5 Å².